The van der Waals surface area contributed by atoms with E-state index in [9.17, 15) is 4.79 Å². The number of carbonyl (C=O) groups excluding carboxylic acids is 1. The van der Waals surface area contributed by atoms with Crippen molar-refractivity contribution >= 4 is 28.7 Å². The van der Waals surface area contributed by atoms with Crippen LogP contribution in [-0.2, 0) is 10.2 Å². The third kappa shape index (κ3) is 3.74. The number of imidazole rings is 1. The maximum Gasteiger partial charge on any atom is 0.221 e. The van der Waals surface area contributed by atoms with Gasteiger partial charge in [0.25, 0.3) is 0 Å². The van der Waals surface area contributed by atoms with Gasteiger partial charge in [0.15, 0.2) is 5.82 Å². The molecule has 6 heteroatoms. The molecule has 0 aliphatic heterocycles. The number of benzene rings is 1. The molecule has 0 aliphatic carbocycles. The number of carbonyl (C=O) groups is 1. The summed E-state index contributed by atoms with van der Waals surface area (Å²) in [5.74, 6) is 0.596. The summed E-state index contributed by atoms with van der Waals surface area (Å²) in [5.41, 5.74) is 2.93. The van der Waals surface area contributed by atoms with Gasteiger partial charge in [0.1, 0.15) is 5.65 Å². The van der Waals surface area contributed by atoms with E-state index in [1.54, 1.807) is 6.07 Å². The van der Waals surface area contributed by atoms with Crippen LogP contribution in [0.1, 0.15) is 33.4 Å². The van der Waals surface area contributed by atoms with Crippen LogP contribution in [0.15, 0.2) is 58.9 Å². The molecular weight excluding hydrogens is 314 g/mol. The lowest BCUT2D eigenvalue weighted by atomic mass is 9.92. The second-order valence-corrected chi connectivity index (χ2v) is 6.89. The Labute approximate surface area is 146 Å². The van der Waals surface area contributed by atoms with E-state index in [2.05, 4.69) is 36.3 Å². The van der Waals surface area contributed by atoms with E-state index < -0.39 is 0 Å². The van der Waals surface area contributed by atoms with Gasteiger partial charge >= 0.3 is 0 Å². The van der Waals surface area contributed by atoms with Crippen LogP contribution in [-0.4, -0.2) is 15.3 Å². The Bertz CT molecular complexity index is 950. The van der Waals surface area contributed by atoms with Crippen molar-refractivity contribution in [3.63, 3.8) is 0 Å². The lowest BCUT2D eigenvalue weighted by Crippen LogP contribution is -2.11. The lowest BCUT2D eigenvalue weighted by Gasteiger charge is -2.15. The zero-order chi connectivity index (χ0) is 18.0. The fourth-order valence-electron chi connectivity index (χ4n) is 2.54. The van der Waals surface area contributed by atoms with Gasteiger partial charge in [-0.05, 0) is 30.3 Å². The molecule has 6 nitrogen and oxygen atoms in total. The van der Waals surface area contributed by atoms with Gasteiger partial charge < -0.3 is 5.32 Å². The molecular formula is C19H21N5O. The monoisotopic (exact) mass is 335 g/mol. The molecule has 0 aliphatic rings. The highest BCUT2D eigenvalue weighted by Crippen LogP contribution is 2.33. The van der Waals surface area contributed by atoms with Gasteiger partial charge in [-0.3, -0.25) is 9.20 Å². The van der Waals surface area contributed by atoms with Crippen molar-refractivity contribution in [3.8, 4) is 0 Å². The van der Waals surface area contributed by atoms with E-state index in [1.807, 2.05) is 47.0 Å². The van der Waals surface area contributed by atoms with Crippen molar-refractivity contribution in [2.45, 2.75) is 33.1 Å². The second kappa shape index (κ2) is 6.47. The number of azo groups is 1. The van der Waals surface area contributed by atoms with Crippen LogP contribution in [0.3, 0.4) is 0 Å². The fourth-order valence-corrected chi connectivity index (χ4v) is 2.54. The average molecular weight is 335 g/mol. The van der Waals surface area contributed by atoms with E-state index in [0.717, 1.165) is 11.3 Å². The number of aromatic nitrogens is 2. The summed E-state index contributed by atoms with van der Waals surface area (Å²) in [5, 5.41) is 11.6. The van der Waals surface area contributed by atoms with Crippen LogP contribution in [0.25, 0.3) is 5.65 Å². The molecule has 25 heavy (non-hydrogen) atoms. The molecule has 0 fully saturated rings. The first-order valence-electron chi connectivity index (χ1n) is 8.11. The van der Waals surface area contributed by atoms with Crippen molar-refractivity contribution in [3.05, 3.63) is 54.4 Å². The van der Waals surface area contributed by atoms with Gasteiger partial charge in [-0.2, -0.15) is 0 Å². The molecule has 3 aromatic rings. The summed E-state index contributed by atoms with van der Waals surface area (Å²) in [6, 6.07) is 13.1. The van der Waals surface area contributed by atoms with Gasteiger partial charge in [0.2, 0.25) is 5.91 Å². The summed E-state index contributed by atoms with van der Waals surface area (Å²) in [6.07, 6.45) is 1.93. The molecule has 0 radical (unpaired) electrons. The van der Waals surface area contributed by atoms with E-state index in [-0.39, 0.29) is 11.3 Å². The van der Waals surface area contributed by atoms with Gasteiger partial charge in [-0.25, -0.2) is 4.98 Å². The molecule has 0 bridgehead atoms. The third-order valence-corrected chi connectivity index (χ3v) is 3.64. The van der Waals surface area contributed by atoms with Crippen molar-refractivity contribution in [1.29, 1.82) is 0 Å². The van der Waals surface area contributed by atoms with E-state index in [0.29, 0.717) is 17.2 Å². The zero-order valence-electron chi connectivity index (χ0n) is 14.8. The minimum Gasteiger partial charge on any atom is -0.326 e. The minimum absolute atomic E-state index is 0.120. The fraction of sp³-hybridized carbons (Fsp3) is 0.263. The largest absolute Gasteiger partial charge is 0.326 e. The normalized spacial score (nSPS) is 12.0. The Morgan fingerprint density at radius 2 is 1.92 bits per heavy atom. The first kappa shape index (κ1) is 16.8. The minimum atomic E-state index is -0.154. The van der Waals surface area contributed by atoms with E-state index in [4.69, 9.17) is 4.98 Å². The van der Waals surface area contributed by atoms with Crippen molar-refractivity contribution < 1.29 is 4.79 Å². The predicted molar refractivity (Wildman–Crippen MR) is 98.8 cm³/mol. The third-order valence-electron chi connectivity index (χ3n) is 3.64. The van der Waals surface area contributed by atoms with Crippen molar-refractivity contribution in [2.24, 2.45) is 10.2 Å². The number of hydrogen-bond acceptors (Lipinski definition) is 4. The number of anilines is 1. The van der Waals surface area contributed by atoms with Crippen molar-refractivity contribution in [1.82, 2.24) is 9.38 Å². The number of rotatable bonds is 3. The molecule has 2 aromatic heterocycles. The summed E-state index contributed by atoms with van der Waals surface area (Å²) in [6.45, 7) is 7.78. The predicted octanol–water partition coefficient (Wildman–Crippen LogP) is 5.01. The number of hydrogen-bond donors (Lipinski definition) is 1. The van der Waals surface area contributed by atoms with Crippen LogP contribution in [0.2, 0.25) is 0 Å². The summed E-state index contributed by atoms with van der Waals surface area (Å²) in [7, 11) is 0. The Morgan fingerprint density at radius 1 is 1.12 bits per heavy atom. The zero-order valence-corrected chi connectivity index (χ0v) is 14.8. The van der Waals surface area contributed by atoms with Crippen LogP contribution in [0.4, 0.5) is 17.2 Å². The Kier molecular flexibility index (Phi) is 4.35. The molecule has 2 heterocycles. The molecule has 0 atom stereocenters. The molecule has 3 rings (SSSR count). The van der Waals surface area contributed by atoms with Crippen LogP contribution >= 0.6 is 0 Å². The molecule has 1 aromatic carbocycles. The summed E-state index contributed by atoms with van der Waals surface area (Å²) >= 11 is 0. The van der Waals surface area contributed by atoms with Gasteiger partial charge in [0.05, 0.1) is 11.4 Å². The quantitative estimate of drug-likeness (QED) is 0.684. The molecule has 0 spiro atoms. The highest BCUT2D eigenvalue weighted by molar-refractivity contribution is 5.89. The van der Waals surface area contributed by atoms with Crippen LogP contribution < -0.4 is 5.32 Å². The first-order valence-corrected chi connectivity index (χ1v) is 8.11. The van der Waals surface area contributed by atoms with Crippen molar-refractivity contribution in [2.75, 3.05) is 5.32 Å². The lowest BCUT2D eigenvalue weighted by molar-refractivity contribution is -0.114. The number of nitrogens with zero attached hydrogens (tertiary/aromatic N) is 4. The second-order valence-electron chi connectivity index (χ2n) is 6.89. The molecule has 0 saturated carbocycles. The van der Waals surface area contributed by atoms with Crippen LogP contribution in [0.5, 0.6) is 0 Å². The van der Waals surface area contributed by atoms with E-state index >= 15 is 0 Å². The maximum absolute atomic E-state index is 11.2. The number of pyridine rings is 1. The Morgan fingerprint density at radius 3 is 2.64 bits per heavy atom. The topological polar surface area (TPSA) is 71.1 Å². The highest BCUT2D eigenvalue weighted by Gasteiger charge is 2.23. The molecule has 128 valence electrons. The number of amides is 1. The standard InChI is InChI=1S/C19H21N5O/c1-13(25)20-14-8-7-9-15(12-14)22-23-18-17(19(2,3)4)21-16-10-5-6-11-24(16)18/h5-12H,1-4H3,(H,20,25). The van der Waals surface area contributed by atoms with Gasteiger partial charge in [0, 0.05) is 24.2 Å². The van der Waals surface area contributed by atoms with Gasteiger partial charge in [-0.1, -0.05) is 32.9 Å². The first-order chi connectivity index (χ1) is 11.8. The SMILES string of the molecule is CC(=O)Nc1cccc(N=Nc2c(C(C)(C)C)nc3ccccn23)c1. The molecule has 1 N–H and O–H groups in total. The van der Waals surface area contributed by atoms with E-state index in [1.165, 1.54) is 6.92 Å². The summed E-state index contributed by atoms with van der Waals surface area (Å²) < 4.78 is 1.93. The average Bonchev–Trinajstić information content (AvgIpc) is 2.92. The van der Waals surface area contributed by atoms with Crippen LogP contribution in [0, 0.1) is 0 Å². The highest BCUT2D eigenvalue weighted by atomic mass is 16.1. The van der Waals surface area contributed by atoms with Gasteiger partial charge in [-0.15, -0.1) is 10.2 Å². The number of fused-ring (bicyclic) bond motifs is 1. The molecule has 0 saturated heterocycles. The summed E-state index contributed by atoms with van der Waals surface area (Å²) in [4.78, 5) is 15.9. The number of nitrogens with one attached hydrogen (secondary N) is 1. The smallest absolute Gasteiger partial charge is 0.221 e. The Balaban J connectivity index is 2.03. The molecule has 0 unspecified atom stereocenters. The Hall–Kier alpha value is -3.02. The maximum atomic E-state index is 11.2. The molecule has 1 amide bonds.